The van der Waals surface area contributed by atoms with Gasteiger partial charge in [-0.15, -0.1) is 0 Å². The highest BCUT2D eigenvalue weighted by atomic mass is 16.5. The van der Waals surface area contributed by atoms with Crippen LogP contribution in [0.1, 0.15) is 32.6 Å². The monoisotopic (exact) mass is 214 g/mol. The van der Waals surface area contributed by atoms with E-state index in [1.54, 1.807) is 7.11 Å². The minimum absolute atomic E-state index is 0.703. The van der Waals surface area contributed by atoms with Gasteiger partial charge in [0.25, 0.3) is 0 Å². The van der Waals surface area contributed by atoms with Crippen LogP contribution in [0, 0.1) is 5.92 Å². The molecular formula is C12H26N2O. The van der Waals surface area contributed by atoms with Crippen molar-refractivity contribution in [3.8, 4) is 0 Å². The van der Waals surface area contributed by atoms with Crippen LogP contribution in [-0.4, -0.2) is 44.3 Å². The number of hydrogen-bond donors (Lipinski definition) is 1. The van der Waals surface area contributed by atoms with E-state index in [0.717, 1.165) is 25.7 Å². The lowest BCUT2D eigenvalue weighted by atomic mass is 10.0. The third-order valence-corrected chi connectivity index (χ3v) is 3.38. The molecule has 1 saturated carbocycles. The van der Waals surface area contributed by atoms with Crippen LogP contribution in [0.3, 0.4) is 0 Å². The average Bonchev–Trinajstić information content (AvgIpc) is 3.07. The Labute approximate surface area is 94.0 Å². The molecule has 2 N–H and O–H groups in total. The van der Waals surface area contributed by atoms with Crippen LogP contribution in [0.25, 0.3) is 0 Å². The van der Waals surface area contributed by atoms with Gasteiger partial charge in [-0.25, -0.2) is 0 Å². The first-order chi connectivity index (χ1) is 7.31. The third-order valence-electron chi connectivity index (χ3n) is 3.38. The van der Waals surface area contributed by atoms with Gasteiger partial charge < -0.3 is 10.5 Å². The maximum Gasteiger partial charge on any atom is 0.0589 e. The van der Waals surface area contributed by atoms with Gasteiger partial charge in [0.2, 0.25) is 0 Å². The molecule has 15 heavy (non-hydrogen) atoms. The van der Waals surface area contributed by atoms with E-state index in [-0.39, 0.29) is 0 Å². The van der Waals surface area contributed by atoms with E-state index in [4.69, 9.17) is 10.5 Å². The Morgan fingerprint density at radius 1 is 1.40 bits per heavy atom. The Hall–Kier alpha value is -0.120. The smallest absolute Gasteiger partial charge is 0.0589 e. The van der Waals surface area contributed by atoms with E-state index in [2.05, 4.69) is 11.8 Å². The minimum Gasteiger partial charge on any atom is -0.383 e. The lowest BCUT2D eigenvalue weighted by Gasteiger charge is -2.23. The molecule has 1 fully saturated rings. The van der Waals surface area contributed by atoms with Gasteiger partial charge in [-0.05, 0) is 38.3 Å². The van der Waals surface area contributed by atoms with Gasteiger partial charge in [0.1, 0.15) is 0 Å². The normalized spacial score (nSPS) is 18.4. The highest BCUT2D eigenvalue weighted by Gasteiger charge is 2.28. The fourth-order valence-electron chi connectivity index (χ4n) is 1.96. The molecular weight excluding hydrogens is 188 g/mol. The Kier molecular flexibility index (Phi) is 6.22. The summed E-state index contributed by atoms with van der Waals surface area (Å²) >= 11 is 0. The molecule has 0 aromatic heterocycles. The van der Waals surface area contributed by atoms with Crippen molar-refractivity contribution in [3.05, 3.63) is 0 Å². The second kappa shape index (κ2) is 7.20. The van der Waals surface area contributed by atoms with Crippen LogP contribution >= 0.6 is 0 Å². The van der Waals surface area contributed by atoms with E-state index in [1.807, 2.05) is 0 Å². The van der Waals surface area contributed by atoms with E-state index < -0.39 is 0 Å². The van der Waals surface area contributed by atoms with Crippen LogP contribution in [-0.2, 0) is 4.74 Å². The van der Waals surface area contributed by atoms with Crippen molar-refractivity contribution >= 4 is 0 Å². The SMILES string of the molecule is CCC(CN)CCN(CCOC)C1CC1. The van der Waals surface area contributed by atoms with E-state index in [0.29, 0.717) is 5.92 Å². The highest BCUT2D eigenvalue weighted by molar-refractivity contribution is 4.84. The summed E-state index contributed by atoms with van der Waals surface area (Å²) in [6.07, 6.45) is 5.21. The van der Waals surface area contributed by atoms with E-state index in [9.17, 15) is 0 Å². The van der Waals surface area contributed by atoms with Gasteiger partial charge in [-0.2, -0.15) is 0 Å². The summed E-state index contributed by atoms with van der Waals surface area (Å²) in [4.78, 5) is 2.57. The van der Waals surface area contributed by atoms with Crippen molar-refractivity contribution < 1.29 is 4.74 Å². The van der Waals surface area contributed by atoms with Crippen LogP contribution in [0.5, 0.6) is 0 Å². The van der Waals surface area contributed by atoms with Crippen molar-refractivity contribution in [1.29, 1.82) is 0 Å². The van der Waals surface area contributed by atoms with Gasteiger partial charge in [0.05, 0.1) is 6.61 Å². The van der Waals surface area contributed by atoms with Crippen molar-refractivity contribution in [2.45, 2.75) is 38.6 Å². The quantitative estimate of drug-likeness (QED) is 0.632. The summed E-state index contributed by atoms with van der Waals surface area (Å²) < 4.78 is 5.14. The molecule has 1 unspecified atom stereocenters. The Bertz CT molecular complexity index is 156. The lowest BCUT2D eigenvalue weighted by Crippen LogP contribution is -2.32. The van der Waals surface area contributed by atoms with Gasteiger partial charge in [-0.1, -0.05) is 13.3 Å². The zero-order chi connectivity index (χ0) is 11.1. The molecule has 1 aliphatic rings. The molecule has 0 saturated heterocycles. The summed E-state index contributed by atoms with van der Waals surface area (Å²) in [6.45, 7) is 6.20. The van der Waals surface area contributed by atoms with Crippen molar-refractivity contribution in [2.75, 3.05) is 33.4 Å². The number of nitrogens with zero attached hydrogens (tertiary/aromatic N) is 1. The second-order valence-electron chi connectivity index (χ2n) is 4.56. The fourth-order valence-corrected chi connectivity index (χ4v) is 1.96. The van der Waals surface area contributed by atoms with Gasteiger partial charge in [0.15, 0.2) is 0 Å². The first kappa shape index (κ1) is 12.9. The summed E-state index contributed by atoms with van der Waals surface area (Å²) in [5, 5.41) is 0. The molecule has 1 atom stereocenters. The number of rotatable bonds is 9. The standard InChI is InChI=1S/C12H26N2O/c1-3-11(10-13)6-7-14(8-9-15-2)12-4-5-12/h11-12H,3-10,13H2,1-2H3. The summed E-state index contributed by atoms with van der Waals surface area (Å²) in [5.41, 5.74) is 5.72. The van der Waals surface area contributed by atoms with E-state index in [1.165, 1.54) is 32.2 Å². The van der Waals surface area contributed by atoms with Crippen LogP contribution in [0.15, 0.2) is 0 Å². The zero-order valence-electron chi connectivity index (χ0n) is 10.2. The van der Waals surface area contributed by atoms with Crippen molar-refractivity contribution in [3.63, 3.8) is 0 Å². The zero-order valence-corrected chi connectivity index (χ0v) is 10.2. The summed E-state index contributed by atoms with van der Waals surface area (Å²) in [6, 6.07) is 0.843. The van der Waals surface area contributed by atoms with Crippen molar-refractivity contribution in [2.24, 2.45) is 11.7 Å². The van der Waals surface area contributed by atoms with Crippen molar-refractivity contribution in [1.82, 2.24) is 4.90 Å². The largest absolute Gasteiger partial charge is 0.383 e. The molecule has 0 amide bonds. The van der Waals surface area contributed by atoms with E-state index >= 15 is 0 Å². The molecule has 0 aromatic rings. The number of ether oxygens (including phenoxy) is 1. The molecule has 0 radical (unpaired) electrons. The Morgan fingerprint density at radius 3 is 2.60 bits per heavy atom. The predicted octanol–water partition coefficient (Wildman–Crippen LogP) is 1.47. The maximum atomic E-state index is 5.72. The third kappa shape index (κ3) is 4.96. The molecule has 90 valence electrons. The number of hydrogen-bond acceptors (Lipinski definition) is 3. The molecule has 0 heterocycles. The van der Waals surface area contributed by atoms with Gasteiger partial charge in [0, 0.05) is 19.7 Å². The molecule has 1 rings (SSSR count). The number of nitrogens with two attached hydrogens (primary N) is 1. The van der Waals surface area contributed by atoms with Gasteiger partial charge >= 0.3 is 0 Å². The van der Waals surface area contributed by atoms with Crippen LogP contribution < -0.4 is 5.73 Å². The predicted molar refractivity (Wildman–Crippen MR) is 63.9 cm³/mol. The maximum absolute atomic E-state index is 5.72. The second-order valence-corrected chi connectivity index (χ2v) is 4.56. The first-order valence-corrected chi connectivity index (χ1v) is 6.24. The summed E-state index contributed by atoms with van der Waals surface area (Å²) in [5.74, 6) is 0.703. The molecule has 0 bridgehead atoms. The van der Waals surface area contributed by atoms with Crippen LogP contribution in [0.2, 0.25) is 0 Å². The molecule has 0 aromatic carbocycles. The molecule has 3 heteroatoms. The summed E-state index contributed by atoms with van der Waals surface area (Å²) in [7, 11) is 1.78. The molecule has 1 aliphatic carbocycles. The molecule has 0 spiro atoms. The fraction of sp³-hybridized carbons (Fsp3) is 1.00. The highest BCUT2D eigenvalue weighted by Crippen LogP contribution is 2.27. The first-order valence-electron chi connectivity index (χ1n) is 6.24. The lowest BCUT2D eigenvalue weighted by molar-refractivity contribution is 0.139. The number of methoxy groups -OCH3 is 1. The average molecular weight is 214 g/mol. The Morgan fingerprint density at radius 2 is 2.13 bits per heavy atom. The Balaban J connectivity index is 2.18. The molecule has 0 aliphatic heterocycles. The topological polar surface area (TPSA) is 38.5 Å². The minimum atomic E-state index is 0.703. The van der Waals surface area contributed by atoms with Crippen LogP contribution in [0.4, 0.5) is 0 Å². The van der Waals surface area contributed by atoms with Gasteiger partial charge in [-0.3, -0.25) is 4.90 Å². The molecule has 3 nitrogen and oxygen atoms in total.